The van der Waals surface area contributed by atoms with Crippen LogP contribution in [0.25, 0.3) is 0 Å². The first-order chi connectivity index (χ1) is 7.04. The fraction of sp³-hybridized carbons (Fsp3) is 0.400. The maximum Gasteiger partial charge on any atom is 0.127 e. The summed E-state index contributed by atoms with van der Waals surface area (Å²) in [6.07, 6.45) is -2.27. The van der Waals surface area contributed by atoms with Crippen molar-refractivity contribution >= 4 is 0 Å². The molecule has 0 aliphatic heterocycles. The number of halogens is 1. The minimum Gasteiger partial charge on any atom is -0.508 e. The standard InChI is InChI=1S/C10H14FNO3/c1-12-5-9(14)10(15)6-2-7(11)4-8(13)3-6/h2-4,9-10,12-15H,5H2,1H3. The first-order valence-electron chi connectivity index (χ1n) is 4.54. The molecule has 0 fully saturated rings. The lowest BCUT2D eigenvalue weighted by molar-refractivity contribution is 0.0200. The Hall–Kier alpha value is -1.17. The third-order valence-corrected chi connectivity index (χ3v) is 2.02. The van der Waals surface area contributed by atoms with E-state index in [0.29, 0.717) is 0 Å². The SMILES string of the molecule is CNCC(O)C(O)c1cc(O)cc(F)c1. The number of phenols is 1. The van der Waals surface area contributed by atoms with E-state index < -0.39 is 18.0 Å². The molecule has 2 atom stereocenters. The van der Waals surface area contributed by atoms with E-state index in [1.54, 1.807) is 7.05 Å². The van der Waals surface area contributed by atoms with Gasteiger partial charge in [0.15, 0.2) is 0 Å². The predicted molar refractivity (Wildman–Crippen MR) is 53.0 cm³/mol. The molecule has 0 aliphatic carbocycles. The summed E-state index contributed by atoms with van der Waals surface area (Å²) in [6, 6.07) is 3.22. The molecule has 15 heavy (non-hydrogen) atoms. The van der Waals surface area contributed by atoms with Gasteiger partial charge in [0.25, 0.3) is 0 Å². The lowest BCUT2D eigenvalue weighted by Gasteiger charge is -2.17. The van der Waals surface area contributed by atoms with Crippen LogP contribution >= 0.6 is 0 Å². The van der Waals surface area contributed by atoms with Crippen molar-refractivity contribution in [2.24, 2.45) is 0 Å². The van der Waals surface area contributed by atoms with Crippen LogP contribution < -0.4 is 5.32 Å². The summed E-state index contributed by atoms with van der Waals surface area (Å²) in [7, 11) is 1.62. The van der Waals surface area contributed by atoms with Crippen LogP contribution in [0.1, 0.15) is 11.7 Å². The van der Waals surface area contributed by atoms with Crippen molar-refractivity contribution < 1.29 is 19.7 Å². The molecule has 0 saturated carbocycles. The fourth-order valence-electron chi connectivity index (χ4n) is 1.31. The van der Waals surface area contributed by atoms with Crippen molar-refractivity contribution in [1.82, 2.24) is 5.32 Å². The van der Waals surface area contributed by atoms with Crippen LogP contribution in [0.4, 0.5) is 4.39 Å². The van der Waals surface area contributed by atoms with Crippen LogP contribution in [0.2, 0.25) is 0 Å². The number of likely N-dealkylation sites (N-methyl/N-ethyl adjacent to an activating group) is 1. The van der Waals surface area contributed by atoms with Gasteiger partial charge in [0.05, 0.1) is 6.10 Å². The highest BCUT2D eigenvalue weighted by Gasteiger charge is 2.18. The third kappa shape index (κ3) is 3.16. The van der Waals surface area contributed by atoms with Gasteiger partial charge in [0, 0.05) is 12.6 Å². The molecule has 5 heteroatoms. The molecule has 2 unspecified atom stereocenters. The molecule has 0 aromatic heterocycles. The van der Waals surface area contributed by atoms with E-state index >= 15 is 0 Å². The molecule has 0 amide bonds. The number of rotatable bonds is 4. The summed E-state index contributed by atoms with van der Waals surface area (Å²) in [6.45, 7) is 0.179. The molecule has 0 bridgehead atoms. The first kappa shape index (κ1) is 11.9. The lowest BCUT2D eigenvalue weighted by Crippen LogP contribution is -2.29. The van der Waals surface area contributed by atoms with E-state index in [2.05, 4.69) is 5.32 Å². The fourth-order valence-corrected chi connectivity index (χ4v) is 1.31. The maximum atomic E-state index is 12.9. The molecular formula is C10H14FNO3. The summed E-state index contributed by atoms with van der Waals surface area (Å²) in [5, 5.41) is 30.8. The van der Waals surface area contributed by atoms with E-state index in [0.717, 1.165) is 12.1 Å². The summed E-state index contributed by atoms with van der Waals surface area (Å²) in [4.78, 5) is 0. The van der Waals surface area contributed by atoms with Gasteiger partial charge in [-0.05, 0) is 24.7 Å². The number of hydrogen-bond donors (Lipinski definition) is 4. The van der Waals surface area contributed by atoms with Crippen molar-refractivity contribution in [2.75, 3.05) is 13.6 Å². The van der Waals surface area contributed by atoms with Gasteiger partial charge in [-0.1, -0.05) is 0 Å². The molecule has 0 radical (unpaired) electrons. The van der Waals surface area contributed by atoms with Crippen molar-refractivity contribution in [1.29, 1.82) is 0 Å². The van der Waals surface area contributed by atoms with Crippen molar-refractivity contribution in [3.8, 4) is 5.75 Å². The van der Waals surface area contributed by atoms with Crippen molar-refractivity contribution in [3.05, 3.63) is 29.6 Å². The molecule has 1 rings (SSSR count). The smallest absolute Gasteiger partial charge is 0.127 e. The van der Waals surface area contributed by atoms with E-state index in [1.807, 2.05) is 0 Å². The van der Waals surface area contributed by atoms with E-state index in [9.17, 15) is 14.6 Å². The molecule has 0 aliphatic rings. The lowest BCUT2D eigenvalue weighted by atomic mass is 10.0. The van der Waals surface area contributed by atoms with Crippen molar-refractivity contribution in [2.45, 2.75) is 12.2 Å². The van der Waals surface area contributed by atoms with Crippen LogP contribution in [0.5, 0.6) is 5.75 Å². The Balaban J connectivity index is 2.85. The molecule has 1 aromatic carbocycles. The van der Waals surface area contributed by atoms with E-state index in [-0.39, 0.29) is 17.9 Å². The van der Waals surface area contributed by atoms with Gasteiger partial charge < -0.3 is 20.6 Å². The molecular weight excluding hydrogens is 201 g/mol. The Kier molecular flexibility index (Phi) is 4.02. The van der Waals surface area contributed by atoms with Gasteiger partial charge in [0.2, 0.25) is 0 Å². The van der Waals surface area contributed by atoms with Crippen LogP contribution in [0.3, 0.4) is 0 Å². The Morgan fingerprint density at radius 1 is 1.33 bits per heavy atom. The zero-order valence-electron chi connectivity index (χ0n) is 8.31. The van der Waals surface area contributed by atoms with Crippen LogP contribution in [-0.4, -0.2) is 35.0 Å². The third-order valence-electron chi connectivity index (χ3n) is 2.02. The molecule has 4 nitrogen and oxygen atoms in total. The van der Waals surface area contributed by atoms with Crippen LogP contribution in [0.15, 0.2) is 18.2 Å². The highest BCUT2D eigenvalue weighted by Crippen LogP contribution is 2.22. The number of aromatic hydroxyl groups is 1. The average molecular weight is 215 g/mol. The number of phenolic OH excluding ortho intramolecular Hbond substituents is 1. The average Bonchev–Trinajstić information content (AvgIpc) is 2.15. The Bertz CT molecular complexity index is 312. The minimum atomic E-state index is -1.22. The number of aliphatic hydroxyl groups is 2. The quantitative estimate of drug-likeness (QED) is 0.576. The van der Waals surface area contributed by atoms with E-state index in [1.165, 1.54) is 6.07 Å². The second-order valence-electron chi connectivity index (χ2n) is 3.31. The highest BCUT2D eigenvalue weighted by molar-refractivity contribution is 5.30. The van der Waals surface area contributed by atoms with Crippen LogP contribution in [-0.2, 0) is 0 Å². The molecule has 0 heterocycles. The Morgan fingerprint density at radius 3 is 2.53 bits per heavy atom. The van der Waals surface area contributed by atoms with Gasteiger partial charge in [-0.2, -0.15) is 0 Å². The summed E-state index contributed by atoms with van der Waals surface area (Å²) >= 11 is 0. The summed E-state index contributed by atoms with van der Waals surface area (Å²) in [5.41, 5.74) is 0.148. The number of aliphatic hydroxyl groups excluding tert-OH is 2. The Labute approximate surface area is 87.0 Å². The van der Waals surface area contributed by atoms with Gasteiger partial charge >= 0.3 is 0 Å². The Morgan fingerprint density at radius 2 is 2.00 bits per heavy atom. The molecule has 0 spiro atoms. The summed E-state index contributed by atoms with van der Waals surface area (Å²) in [5.74, 6) is -0.929. The second kappa shape index (κ2) is 5.06. The topological polar surface area (TPSA) is 72.7 Å². The summed E-state index contributed by atoms with van der Waals surface area (Å²) < 4.78 is 12.9. The zero-order chi connectivity index (χ0) is 11.4. The minimum absolute atomic E-state index is 0.148. The first-order valence-corrected chi connectivity index (χ1v) is 4.54. The molecule has 84 valence electrons. The monoisotopic (exact) mass is 215 g/mol. The zero-order valence-corrected chi connectivity index (χ0v) is 8.31. The second-order valence-corrected chi connectivity index (χ2v) is 3.31. The number of nitrogens with one attached hydrogen (secondary N) is 1. The molecule has 4 N–H and O–H groups in total. The van der Waals surface area contributed by atoms with E-state index in [4.69, 9.17) is 5.11 Å². The number of hydrogen-bond acceptors (Lipinski definition) is 4. The van der Waals surface area contributed by atoms with Crippen LogP contribution in [0, 0.1) is 5.82 Å². The van der Waals surface area contributed by atoms with Gasteiger partial charge in [-0.25, -0.2) is 4.39 Å². The predicted octanol–water partition coefficient (Wildman–Crippen LogP) is 0.145. The maximum absolute atomic E-state index is 12.9. The molecule has 1 aromatic rings. The number of benzene rings is 1. The van der Waals surface area contributed by atoms with Crippen molar-refractivity contribution in [3.63, 3.8) is 0 Å². The van der Waals surface area contributed by atoms with Gasteiger partial charge in [-0.3, -0.25) is 0 Å². The highest BCUT2D eigenvalue weighted by atomic mass is 19.1. The largest absolute Gasteiger partial charge is 0.508 e. The molecule has 0 saturated heterocycles. The van der Waals surface area contributed by atoms with Gasteiger partial charge in [-0.15, -0.1) is 0 Å². The van der Waals surface area contributed by atoms with Gasteiger partial charge in [0.1, 0.15) is 17.7 Å². The normalized spacial score (nSPS) is 14.9.